The monoisotopic (exact) mass is 498 g/mol. The predicted octanol–water partition coefficient (Wildman–Crippen LogP) is 4.29. The summed E-state index contributed by atoms with van der Waals surface area (Å²) in [7, 11) is 0. The van der Waals surface area contributed by atoms with Crippen LogP contribution in [0.15, 0.2) is 28.8 Å². The molecule has 0 radical (unpaired) electrons. The number of aliphatic hydroxyl groups is 1. The molecule has 1 aromatic carbocycles. The molecule has 5 aliphatic rings. The first-order valence-electron chi connectivity index (χ1n) is 11.2. The van der Waals surface area contributed by atoms with Gasteiger partial charge >= 0.3 is 6.36 Å². The number of carbonyl (C=O) groups excluding carboxylic acids is 1. The molecule has 11 heteroatoms. The summed E-state index contributed by atoms with van der Waals surface area (Å²) in [6.07, 6.45) is -2.74. The number of aliphatic hydroxyl groups excluding tert-OH is 1. The summed E-state index contributed by atoms with van der Waals surface area (Å²) in [6, 6.07) is 4.94. The van der Waals surface area contributed by atoms with Crippen molar-refractivity contribution in [2.45, 2.75) is 80.1 Å². The zero-order valence-corrected chi connectivity index (χ0v) is 18.7. The molecule has 7 rings (SSSR count). The second kappa shape index (κ2) is 7.35. The number of nitrogens with one attached hydrogen (secondary N) is 1. The number of hydrogen-bond donors (Lipinski definition) is 2. The van der Waals surface area contributed by atoms with E-state index in [2.05, 4.69) is 15.0 Å². The third-order valence-electron chi connectivity index (χ3n) is 7.54. The first-order valence-corrected chi connectivity index (χ1v) is 11.6. The van der Waals surface area contributed by atoms with E-state index in [1.807, 2.05) is 0 Å². The number of carbonyl (C=O) groups is 1. The van der Waals surface area contributed by atoms with Crippen LogP contribution in [-0.4, -0.2) is 40.1 Å². The van der Waals surface area contributed by atoms with Crippen molar-refractivity contribution in [2.24, 2.45) is 0 Å². The van der Waals surface area contributed by atoms with Crippen LogP contribution < -0.4 is 10.1 Å². The summed E-state index contributed by atoms with van der Waals surface area (Å²) in [5, 5.41) is 14.0. The summed E-state index contributed by atoms with van der Waals surface area (Å²) in [4.78, 5) is 17.1. The van der Waals surface area contributed by atoms with Crippen LogP contribution in [0.5, 0.6) is 5.75 Å². The van der Waals surface area contributed by atoms with E-state index in [-0.39, 0.29) is 42.0 Å². The standard InChI is InChI=1S/C23H22ClF3N2O5/c24-12-1-2-16-14(5-12)15(30)6-17(32-16)19(31)29-22-8-21(9-22,10-22)18-7-28-20(33-18)11-3-13(4-11)34-23(25,26)27/h1-2,5,7,11,13,15,17,30H,3-4,6,8-10H2,(H,29,31)/t11?,13?,15-,17-,21?,22?/m1/s1. The lowest BCUT2D eigenvalue weighted by atomic mass is 9.38. The Hall–Kier alpha value is -2.30. The zero-order valence-electron chi connectivity index (χ0n) is 17.9. The van der Waals surface area contributed by atoms with Gasteiger partial charge in [-0.2, -0.15) is 0 Å². The molecule has 0 spiro atoms. The Morgan fingerprint density at radius 1 is 1.24 bits per heavy atom. The van der Waals surface area contributed by atoms with Gasteiger partial charge in [-0.3, -0.25) is 9.53 Å². The van der Waals surface area contributed by atoms with E-state index in [1.165, 1.54) is 0 Å². The third-order valence-corrected chi connectivity index (χ3v) is 7.77. The number of aromatic nitrogens is 1. The van der Waals surface area contributed by atoms with Gasteiger partial charge in [0.1, 0.15) is 11.5 Å². The van der Waals surface area contributed by atoms with Crippen molar-refractivity contribution in [2.75, 3.05) is 0 Å². The fraction of sp³-hybridized carbons (Fsp3) is 0.565. The fourth-order valence-corrected chi connectivity index (χ4v) is 6.06. The number of benzene rings is 1. The Balaban J connectivity index is 1.03. The van der Waals surface area contributed by atoms with Gasteiger partial charge in [0.2, 0.25) is 0 Å². The number of rotatable bonds is 5. The van der Waals surface area contributed by atoms with Crippen LogP contribution in [0.2, 0.25) is 5.02 Å². The molecule has 2 atom stereocenters. The highest BCUT2D eigenvalue weighted by Crippen LogP contribution is 2.68. The molecule has 2 heterocycles. The fourth-order valence-electron chi connectivity index (χ4n) is 5.88. The van der Waals surface area contributed by atoms with Crippen LogP contribution in [0.1, 0.15) is 67.8 Å². The SMILES string of the molecule is O=C(NC12CC(c3cnc(C4CC(OC(F)(F)F)C4)o3)(C1)C2)[C@H]1C[C@@H](O)c2cc(Cl)ccc2O1. The van der Waals surface area contributed by atoms with Gasteiger partial charge in [-0.1, -0.05) is 11.6 Å². The zero-order chi connectivity index (χ0) is 23.9. The van der Waals surface area contributed by atoms with E-state index in [4.69, 9.17) is 20.8 Å². The van der Waals surface area contributed by atoms with Crippen molar-refractivity contribution in [3.05, 3.63) is 46.6 Å². The van der Waals surface area contributed by atoms with E-state index < -0.39 is 24.7 Å². The molecule has 2 N–H and O–H groups in total. The molecule has 4 saturated carbocycles. The maximum atomic E-state index is 12.9. The lowest BCUT2D eigenvalue weighted by Crippen LogP contribution is -2.77. The molecule has 0 saturated heterocycles. The molecule has 1 amide bonds. The van der Waals surface area contributed by atoms with Crippen LogP contribution in [-0.2, 0) is 14.9 Å². The lowest BCUT2D eigenvalue weighted by molar-refractivity contribution is -0.352. The number of ether oxygens (including phenoxy) is 2. The smallest absolute Gasteiger partial charge is 0.480 e. The quantitative estimate of drug-likeness (QED) is 0.639. The van der Waals surface area contributed by atoms with Crippen molar-refractivity contribution in [3.63, 3.8) is 0 Å². The Morgan fingerprint density at radius 2 is 1.97 bits per heavy atom. The van der Waals surface area contributed by atoms with Crippen LogP contribution in [0.4, 0.5) is 13.2 Å². The molecule has 4 aliphatic carbocycles. The van der Waals surface area contributed by atoms with Crippen molar-refractivity contribution in [1.82, 2.24) is 10.3 Å². The average molecular weight is 499 g/mol. The molecule has 2 aromatic rings. The summed E-state index contributed by atoms with van der Waals surface area (Å²) < 4.78 is 52.7. The highest BCUT2D eigenvalue weighted by atomic mass is 35.5. The molecule has 0 unspecified atom stereocenters. The molecular weight excluding hydrogens is 477 g/mol. The highest BCUT2D eigenvalue weighted by molar-refractivity contribution is 6.30. The van der Waals surface area contributed by atoms with Gasteiger partial charge in [0, 0.05) is 33.9 Å². The second-order valence-electron chi connectivity index (χ2n) is 10.0. The van der Waals surface area contributed by atoms with E-state index in [1.54, 1.807) is 24.4 Å². The molecule has 7 nitrogen and oxygen atoms in total. The Bertz CT molecular complexity index is 1130. The number of hydrogen-bond acceptors (Lipinski definition) is 6. The van der Waals surface area contributed by atoms with Crippen LogP contribution >= 0.6 is 11.6 Å². The van der Waals surface area contributed by atoms with Crippen LogP contribution in [0, 0.1) is 0 Å². The molecule has 2 bridgehead atoms. The Morgan fingerprint density at radius 3 is 2.68 bits per heavy atom. The van der Waals surface area contributed by atoms with Gasteiger partial charge in [0.25, 0.3) is 5.91 Å². The normalized spacial score (nSPS) is 35.8. The predicted molar refractivity (Wildman–Crippen MR) is 111 cm³/mol. The van der Waals surface area contributed by atoms with Crippen LogP contribution in [0.3, 0.4) is 0 Å². The number of halogens is 4. The first-order chi connectivity index (χ1) is 16.0. The summed E-state index contributed by atoms with van der Waals surface area (Å²) >= 11 is 5.98. The van der Waals surface area contributed by atoms with E-state index >= 15 is 0 Å². The first kappa shape index (κ1) is 22.2. The van der Waals surface area contributed by atoms with Crippen LogP contribution in [0.25, 0.3) is 0 Å². The molecule has 4 fully saturated rings. The molecule has 1 aromatic heterocycles. The third kappa shape index (κ3) is 3.67. The lowest BCUT2D eigenvalue weighted by Gasteiger charge is -2.69. The largest absolute Gasteiger partial charge is 0.522 e. The van der Waals surface area contributed by atoms with Gasteiger partial charge < -0.3 is 19.6 Å². The van der Waals surface area contributed by atoms with Gasteiger partial charge in [0.05, 0.1) is 18.4 Å². The average Bonchev–Trinajstić information content (AvgIpc) is 3.14. The molecular formula is C23H22ClF3N2O5. The van der Waals surface area contributed by atoms with Gasteiger partial charge in [-0.25, -0.2) is 4.98 Å². The summed E-state index contributed by atoms with van der Waals surface area (Å²) in [5.74, 6) is 1.17. The van der Waals surface area contributed by atoms with Gasteiger partial charge in [-0.05, 0) is 50.3 Å². The maximum absolute atomic E-state index is 12.9. The Kier molecular flexibility index (Phi) is 4.80. The van der Waals surface area contributed by atoms with Crippen molar-refractivity contribution in [3.8, 4) is 5.75 Å². The van der Waals surface area contributed by atoms with Gasteiger partial charge in [-0.15, -0.1) is 13.2 Å². The van der Waals surface area contributed by atoms with E-state index in [9.17, 15) is 23.1 Å². The summed E-state index contributed by atoms with van der Waals surface area (Å²) in [5.41, 5.74) is 0.0474. The van der Waals surface area contributed by atoms with E-state index in [0.29, 0.717) is 47.2 Å². The number of alkyl halides is 3. The number of nitrogens with zero attached hydrogens (tertiary/aromatic N) is 1. The van der Waals surface area contributed by atoms with Gasteiger partial charge in [0.15, 0.2) is 12.0 Å². The maximum Gasteiger partial charge on any atom is 0.522 e. The number of amides is 1. The second-order valence-corrected chi connectivity index (χ2v) is 10.5. The van der Waals surface area contributed by atoms with Crippen molar-refractivity contribution >= 4 is 17.5 Å². The summed E-state index contributed by atoms with van der Waals surface area (Å²) in [6.45, 7) is 0. The molecule has 1 aliphatic heterocycles. The van der Waals surface area contributed by atoms with Crippen molar-refractivity contribution in [1.29, 1.82) is 0 Å². The highest BCUT2D eigenvalue weighted by Gasteiger charge is 2.71. The Labute approximate surface area is 197 Å². The molecule has 182 valence electrons. The van der Waals surface area contributed by atoms with Crippen molar-refractivity contribution < 1.29 is 37.0 Å². The minimum absolute atomic E-state index is 0.145. The van der Waals surface area contributed by atoms with E-state index in [0.717, 1.165) is 0 Å². The number of fused-ring (bicyclic) bond motifs is 1. The topological polar surface area (TPSA) is 93.8 Å². The minimum atomic E-state index is -4.63. The minimum Gasteiger partial charge on any atom is -0.480 e. The number of oxazole rings is 1. The molecule has 34 heavy (non-hydrogen) atoms.